The van der Waals surface area contributed by atoms with Crippen LogP contribution in [0.4, 0.5) is 0 Å². The summed E-state index contributed by atoms with van der Waals surface area (Å²) in [4.78, 5) is 17.8. The summed E-state index contributed by atoms with van der Waals surface area (Å²) in [6.45, 7) is 2.19. The zero-order valence-electron chi connectivity index (χ0n) is 9.15. The Kier molecular flexibility index (Phi) is 2.04. The van der Waals surface area contributed by atoms with Crippen molar-refractivity contribution in [1.29, 1.82) is 0 Å². The van der Waals surface area contributed by atoms with E-state index in [9.17, 15) is 4.79 Å². The molecule has 3 rings (SSSR count). The highest BCUT2D eigenvalue weighted by Gasteiger charge is 2.64. The molecule has 0 saturated carbocycles. The molecule has 84 valence electrons. The molecule has 4 nitrogen and oxygen atoms in total. The second-order valence-electron chi connectivity index (χ2n) is 4.94. The Balaban J connectivity index is 1.89. The molecule has 4 atom stereocenters. The van der Waals surface area contributed by atoms with Crippen LogP contribution in [-0.4, -0.2) is 43.0 Å². The van der Waals surface area contributed by atoms with Crippen molar-refractivity contribution < 1.29 is 19.0 Å². The van der Waals surface area contributed by atoms with Crippen molar-refractivity contribution in [2.24, 2.45) is 5.92 Å². The lowest BCUT2D eigenvalue weighted by atomic mass is 9.83. The molecule has 3 saturated heterocycles. The van der Waals surface area contributed by atoms with E-state index in [0.29, 0.717) is 6.04 Å². The second-order valence-corrected chi connectivity index (χ2v) is 4.94. The Labute approximate surface area is 89.7 Å². The van der Waals surface area contributed by atoms with E-state index in [1.54, 1.807) is 0 Å². The van der Waals surface area contributed by atoms with Crippen LogP contribution >= 0.6 is 0 Å². The van der Waals surface area contributed by atoms with E-state index in [0.717, 1.165) is 30.6 Å². The molecule has 3 heterocycles. The van der Waals surface area contributed by atoms with Crippen LogP contribution in [0, 0.1) is 5.92 Å². The van der Waals surface area contributed by atoms with Crippen molar-refractivity contribution in [2.45, 2.75) is 37.8 Å². The molecule has 0 aromatic heterocycles. The first-order chi connectivity index (χ1) is 7.27. The summed E-state index contributed by atoms with van der Waals surface area (Å²) in [5.41, 5.74) is 0. The first-order valence-corrected chi connectivity index (χ1v) is 5.90. The van der Waals surface area contributed by atoms with Crippen molar-refractivity contribution in [1.82, 2.24) is 0 Å². The highest BCUT2D eigenvalue weighted by Crippen LogP contribution is 2.47. The molecule has 15 heavy (non-hydrogen) atoms. The number of fused-ring (bicyclic) bond motifs is 1. The molecule has 3 fully saturated rings. The zero-order chi connectivity index (χ0) is 10.5. The standard InChI is InChI=1S/C11H18NO3/c1-14-11(13)10-8-4-2-3-6-12(8)7-5-9(10)15-12/h8-10H,2-7H2,1H3/q+1/t8-,9-,10+,12?/m1/s1. The lowest BCUT2D eigenvalue weighted by Gasteiger charge is -2.39. The van der Waals surface area contributed by atoms with Gasteiger partial charge < -0.3 is 4.74 Å². The molecule has 3 aliphatic heterocycles. The van der Waals surface area contributed by atoms with Gasteiger partial charge in [-0.1, -0.05) is 0 Å². The van der Waals surface area contributed by atoms with Gasteiger partial charge in [-0.05, 0) is 12.8 Å². The molecule has 0 radical (unpaired) electrons. The minimum absolute atomic E-state index is 0.00375. The fourth-order valence-electron chi connectivity index (χ4n) is 3.67. The van der Waals surface area contributed by atoms with Gasteiger partial charge in [-0.2, -0.15) is 9.48 Å². The molecular formula is C11H18NO3+. The normalized spacial score (nSPS) is 47.7. The predicted octanol–water partition coefficient (Wildman–Crippen LogP) is 0.862. The number of hydrogen-bond acceptors (Lipinski definition) is 3. The SMILES string of the molecule is COC(=O)[C@H]1[C@H]2CCCC[N+]23CC[C@H]1O3. The summed E-state index contributed by atoms with van der Waals surface area (Å²) >= 11 is 0. The number of nitrogens with zero attached hydrogens (tertiary/aromatic N) is 1. The number of methoxy groups -OCH3 is 1. The van der Waals surface area contributed by atoms with Crippen LogP contribution in [0.2, 0.25) is 0 Å². The summed E-state index contributed by atoms with van der Waals surface area (Å²) in [7, 11) is 1.48. The molecule has 0 aliphatic carbocycles. The molecule has 3 aliphatic rings. The van der Waals surface area contributed by atoms with Crippen LogP contribution in [0.1, 0.15) is 25.7 Å². The zero-order valence-corrected chi connectivity index (χ0v) is 9.15. The van der Waals surface area contributed by atoms with Crippen LogP contribution in [-0.2, 0) is 14.4 Å². The van der Waals surface area contributed by atoms with Gasteiger partial charge in [0.15, 0.2) is 0 Å². The van der Waals surface area contributed by atoms with E-state index in [1.165, 1.54) is 20.0 Å². The van der Waals surface area contributed by atoms with E-state index in [1.807, 2.05) is 0 Å². The van der Waals surface area contributed by atoms with Gasteiger partial charge in [0.05, 0.1) is 7.11 Å². The number of hydrogen-bond donors (Lipinski definition) is 0. The highest BCUT2D eigenvalue weighted by molar-refractivity contribution is 5.74. The summed E-state index contributed by atoms with van der Waals surface area (Å²) in [5, 5.41) is 0. The molecule has 0 N–H and O–H groups in total. The first-order valence-electron chi connectivity index (χ1n) is 5.90. The van der Waals surface area contributed by atoms with Crippen molar-refractivity contribution in [3.63, 3.8) is 0 Å². The third-order valence-electron chi connectivity index (χ3n) is 4.32. The van der Waals surface area contributed by atoms with Crippen LogP contribution in [0.15, 0.2) is 0 Å². The Morgan fingerprint density at radius 1 is 1.33 bits per heavy atom. The first kappa shape index (κ1) is 9.60. The molecule has 0 aromatic carbocycles. The second kappa shape index (κ2) is 3.19. The van der Waals surface area contributed by atoms with Gasteiger partial charge in [0.2, 0.25) is 0 Å². The fraction of sp³-hybridized carbons (Fsp3) is 0.909. The maximum atomic E-state index is 11.7. The summed E-state index contributed by atoms with van der Waals surface area (Å²) in [6.07, 6.45) is 4.73. The Bertz CT molecular complexity index is 294. The summed E-state index contributed by atoms with van der Waals surface area (Å²) in [5.74, 6) is -0.0596. The minimum Gasteiger partial charge on any atom is -0.469 e. The fourth-order valence-corrected chi connectivity index (χ4v) is 3.67. The van der Waals surface area contributed by atoms with Crippen molar-refractivity contribution in [2.75, 3.05) is 20.2 Å². The quantitative estimate of drug-likeness (QED) is 0.478. The molecule has 1 spiro atoms. The monoisotopic (exact) mass is 212 g/mol. The van der Waals surface area contributed by atoms with Crippen molar-refractivity contribution in [3.05, 3.63) is 0 Å². The van der Waals surface area contributed by atoms with E-state index in [-0.39, 0.29) is 18.0 Å². The van der Waals surface area contributed by atoms with Crippen molar-refractivity contribution in [3.8, 4) is 0 Å². The maximum absolute atomic E-state index is 11.7. The third kappa shape index (κ3) is 1.18. The lowest BCUT2D eigenvalue weighted by Crippen LogP contribution is -2.56. The van der Waals surface area contributed by atoms with E-state index < -0.39 is 0 Å². The Morgan fingerprint density at radius 2 is 2.20 bits per heavy atom. The molecule has 0 amide bonds. The van der Waals surface area contributed by atoms with E-state index in [4.69, 9.17) is 9.57 Å². The van der Waals surface area contributed by atoms with Crippen molar-refractivity contribution >= 4 is 5.97 Å². The van der Waals surface area contributed by atoms with Gasteiger partial charge in [-0.3, -0.25) is 4.79 Å². The van der Waals surface area contributed by atoms with E-state index >= 15 is 0 Å². The van der Waals surface area contributed by atoms with Crippen LogP contribution in [0.25, 0.3) is 0 Å². The molecule has 0 aromatic rings. The molecular weight excluding hydrogens is 194 g/mol. The number of ether oxygens (including phenoxy) is 1. The number of esters is 1. The topological polar surface area (TPSA) is 35.5 Å². The molecule has 4 heteroatoms. The van der Waals surface area contributed by atoms with Gasteiger partial charge in [0.1, 0.15) is 31.2 Å². The average molecular weight is 212 g/mol. The van der Waals surface area contributed by atoms with Gasteiger partial charge in [0, 0.05) is 12.8 Å². The number of piperidine rings is 2. The minimum atomic E-state index is -0.0633. The van der Waals surface area contributed by atoms with E-state index in [2.05, 4.69) is 0 Å². The number of carbonyl (C=O) groups excluding carboxylic acids is 1. The Hall–Kier alpha value is -0.610. The summed E-state index contributed by atoms with van der Waals surface area (Å²) in [6, 6.07) is 0.380. The lowest BCUT2D eigenvalue weighted by molar-refractivity contribution is -1.10. The van der Waals surface area contributed by atoms with Gasteiger partial charge in [0.25, 0.3) is 0 Å². The van der Waals surface area contributed by atoms with Crippen LogP contribution in [0.5, 0.6) is 0 Å². The smallest absolute Gasteiger partial charge is 0.317 e. The largest absolute Gasteiger partial charge is 0.469 e. The number of rotatable bonds is 1. The molecule has 1 unspecified atom stereocenters. The predicted molar refractivity (Wildman–Crippen MR) is 52.6 cm³/mol. The highest BCUT2D eigenvalue weighted by atomic mass is 16.7. The Morgan fingerprint density at radius 3 is 3.00 bits per heavy atom. The van der Waals surface area contributed by atoms with Crippen LogP contribution in [0.3, 0.4) is 0 Å². The number of carbonyl (C=O) groups is 1. The molecule has 2 bridgehead atoms. The van der Waals surface area contributed by atoms with Crippen LogP contribution < -0.4 is 0 Å². The number of hydroxylamine groups is 3. The number of quaternary nitrogens is 1. The average Bonchev–Trinajstić information content (AvgIpc) is 2.81. The van der Waals surface area contributed by atoms with Gasteiger partial charge in [-0.15, -0.1) is 0 Å². The maximum Gasteiger partial charge on any atom is 0.317 e. The summed E-state index contributed by atoms with van der Waals surface area (Å²) < 4.78 is 5.66. The third-order valence-corrected chi connectivity index (χ3v) is 4.32. The van der Waals surface area contributed by atoms with Gasteiger partial charge in [-0.25, -0.2) is 0 Å². The van der Waals surface area contributed by atoms with Gasteiger partial charge >= 0.3 is 5.97 Å².